The number of amides is 2. The van der Waals surface area contributed by atoms with E-state index in [1.807, 2.05) is 51.2 Å². The highest BCUT2D eigenvalue weighted by Gasteiger charge is 2.24. The van der Waals surface area contributed by atoms with Crippen LogP contribution in [0.5, 0.6) is 5.75 Å². The molecule has 0 aliphatic heterocycles. The van der Waals surface area contributed by atoms with Crippen LogP contribution < -0.4 is 20.3 Å². The van der Waals surface area contributed by atoms with Gasteiger partial charge in [-0.2, -0.15) is 0 Å². The van der Waals surface area contributed by atoms with Crippen LogP contribution in [-0.4, -0.2) is 38.6 Å². The molecule has 0 aliphatic rings. The number of anilines is 2. The first-order valence-corrected chi connectivity index (χ1v) is 8.95. The number of quaternary nitrogens is 1. The third-order valence-electron chi connectivity index (χ3n) is 4.79. The molecule has 2 atom stereocenters. The van der Waals surface area contributed by atoms with Crippen LogP contribution in [0.15, 0.2) is 42.5 Å². The lowest BCUT2D eigenvalue weighted by molar-refractivity contribution is -0.885. The van der Waals surface area contributed by atoms with E-state index in [0.717, 1.165) is 21.7 Å². The van der Waals surface area contributed by atoms with Crippen molar-refractivity contribution in [1.29, 1.82) is 0 Å². The van der Waals surface area contributed by atoms with Crippen molar-refractivity contribution in [3.63, 3.8) is 0 Å². The van der Waals surface area contributed by atoms with Gasteiger partial charge in [0, 0.05) is 17.4 Å². The number of ether oxygens (including phenoxy) is 1. The fourth-order valence-electron chi connectivity index (χ4n) is 2.66. The van der Waals surface area contributed by atoms with Crippen LogP contribution in [0.4, 0.5) is 11.4 Å². The molecule has 2 aromatic rings. The minimum Gasteiger partial charge on any atom is -0.497 e. The maximum atomic E-state index is 12.5. The molecular weight excluding hydrogens is 342 g/mol. The maximum Gasteiger partial charge on any atom is 0.282 e. The Hall–Kier alpha value is -2.86. The first-order valence-electron chi connectivity index (χ1n) is 8.95. The summed E-state index contributed by atoms with van der Waals surface area (Å²) in [6, 6.07) is 12.6. The topological polar surface area (TPSA) is 71.9 Å². The standard InChI is InChI=1S/C21H27N3O3/c1-14-8-6-11-19(15(14)2)23-20(25)13-24(4)16(3)21(26)22-17-9-7-10-18(12-17)27-5/h6-12,16H,13H2,1-5H3,(H,22,26)(H,23,25)/p+1/t16-/m0/s1. The molecule has 0 aromatic heterocycles. The van der Waals surface area contributed by atoms with Crippen LogP contribution in [0.1, 0.15) is 18.1 Å². The molecule has 0 spiro atoms. The maximum absolute atomic E-state index is 12.5. The molecule has 27 heavy (non-hydrogen) atoms. The number of carbonyl (C=O) groups excluding carboxylic acids is 2. The molecule has 0 saturated heterocycles. The van der Waals surface area contributed by atoms with E-state index in [1.54, 1.807) is 26.2 Å². The van der Waals surface area contributed by atoms with Crippen molar-refractivity contribution < 1.29 is 19.2 Å². The first kappa shape index (κ1) is 20.5. The van der Waals surface area contributed by atoms with Crippen molar-refractivity contribution in [2.75, 3.05) is 31.3 Å². The zero-order chi connectivity index (χ0) is 20.0. The smallest absolute Gasteiger partial charge is 0.282 e. The summed E-state index contributed by atoms with van der Waals surface area (Å²) in [5, 5.41) is 5.80. The summed E-state index contributed by atoms with van der Waals surface area (Å²) in [4.78, 5) is 25.7. The van der Waals surface area contributed by atoms with Crippen molar-refractivity contribution in [1.82, 2.24) is 0 Å². The van der Waals surface area contributed by atoms with Gasteiger partial charge in [0.2, 0.25) is 0 Å². The Morgan fingerprint density at radius 2 is 1.81 bits per heavy atom. The summed E-state index contributed by atoms with van der Waals surface area (Å²) in [6.45, 7) is 5.98. The van der Waals surface area contributed by atoms with Gasteiger partial charge >= 0.3 is 0 Å². The van der Waals surface area contributed by atoms with E-state index >= 15 is 0 Å². The molecule has 2 amide bonds. The van der Waals surface area contributed by atoms with Crippen LogP contribution in [0, 0.1) is 13.8 Å². The molecule has 0 aliphatic carbocycles. The Morgan fingerprint density at radius 1 is 1.11 bits per heavy atom. The largest absolute Gasteiger partial charge is 0.497 e. The second kappa shape index (κ2) is 9.19. The third-order valence-corrected chi connectivity index (χ3v) is 4.79. The third kappa shape index (κ3) is 5.56. The summed E-state index contributed by atoms with van der Waals surface area (Å²) >= 11 is 0. The first-order chi connectivity index (χ1) is 12.8. The summed E-state index contributed by atoms with van der Waals surface area (Å²) in [7, 11) is 3.41. The van der Waals surface area contributed by atoms with Crippen LogP contribution >= 0.6 is 0 Å². The highest BCUT2D eigenvalue weighted by Crippen LogP contribution is 2.18. The van der Waals surface area contributed by atoms with E-state index in [2.05, 4.69) is 10.6 Å². The van der Waals surface area contributed by atoms with Crippen molar-refractivity contribution in [3.8, 4) is 5.75 Å². The van der Waals surface area contributed by atoms with Crippen LogP contribution in [0.3, 0.4) is 0 Å². The Balaban J connectivity index is 1.93. The lowest BCUT2D eigenvalue weighted by Gasteiger charge is -2.21. The van der Waals surface area contributed by atoms with E-state index in [0.29, 0.717) is 11.4 Å². The van der Waals surface area contributed by atoms with E-state index in [4.69, 9.17) is 4.74 Å². The lowest BCUT2D eigenvalue weighted by Crippen LogP contribution is -3.14. The highest BCUT2D eigenvalue weighted by molar-refractivity contribution is 5.95. The molecule has 6 nitrogen and oxygen atoms in total. The molecule has 144 valence electrons. The highest BCUT2D eigenvalue weighted by atomic mass is 16.5. The minimum atomic E-state index is -0.388. The van der Waals surface area contributed by atoms with Gasteiger partial charge in [0.15, 0.2) is 12.6 Å². The number of methoxy groups -OCH3 is 1. The fourth-order valence-corrected chi connectivity index (χ4v) is 2.66. The number of rotatable bonds is 7. The molecule has 2 rings (SSSR count). The number of likely N-dealkylation sites (N-methyl/N-ethyl adjacent to an activating group) is 1. The number of benzene rings is 2. The molecule has 2 aromatic carbocycles. The molecule has 1 unspecified atom stereocenters. The van der Waals surface area contributed by atoms with E-state index in [-0.39, 0.29) is 24.4 Å². The van der Waals surface area contributed by atoms with Crippen molar-refractivity contribution in [3.05, 3.63) is 53.6 Å². The average Bonchev–Trinajstić information content (AvgIpc) is 2.64. The number of hydrogen-bond donors (Lipinski definition) is 3. The van der Waals surface area contributed by atoms with Crippen molar-refractivity contribution in [2.45, 2.75) is 26.8 Å². The summed E-state index contributed by atoms with van der Waals surface area (Å²) in [5.74, 6) is 0.400. The van der Waals surface area contributed by atoms with Crippen molar-refractivity contribution in [2.24, 2.45) is 0 Å². The van der Waals surface area contributed by atoms with Gasteiger partial charge in [0.05, 0.1) is 14.2 Å². The van der Waals surface area contributed by atoms with E-state index in [9.17, 15) is 9.59 Å². The summed E-state index contributed by atoms with van der Waals surface area (Å²) in [5.41, 5.74) is 3.65. The van der Waals surface area contributed by atoms with Crippen molar-refractivity contribution >= 4 is 23.2 Å². The zero-order valence-electron chi connectivity index (χ0n) is 16.6. The molecule has 0 heterocycles. The molecule has 0 saturated carbocycles. The quantitative estimate of drug-likeness (QED) is 0.696. The van der Waals surface area contributed by atoms with Gasteiger partial charge in [-0.15, -0.1) is 0 Å². The van der Waals surface area contributed by atoms with Gasteiger partial charge in [-0.05, 0) is 50.1 Å². The lowest BCUT2D eigenvalue weighted by atomic mass is 10.1. The Kier molecular flexibility index (Phi) is 6.96. The van der Waals surface area contributed by atoms with Gasteiger partial charge in [-0.1, -0.05) is 18.2 Å². The average molecular weight is 370 g/mol. The predicted octanol–water partition coefficient (Wildman–Crippen LogP) is 1.79. The molecular formula is C21H28N3O3+. The normalized spacial score (nSPS) is 12.8. The second-order valence-corrected chi connectivity index (χ2v) is 6.76. The SMILES string of the molecule is COc1cccc(NC(=O)[C@H](C)[NH+](C)CC(=O)Nc2cccc(C)c2C)c1. The number of carbonyl (C=O) groups is 2. The number of aryl methyl sites for hydroxylation is 1. The van der Waals surface area contributed by atoms with Gasteiger partial charge in [-0.25, -0.2) is 0 Å². The molecule has 0 bridgehead atoms. The van der Waals surface area contributed by atoms with Gasteiger partial charge in [0.25, 0.3) is 11.8 Å². The van der Waals surface area contributed by atoms with Gasteiger partial charge < -0.3 is 20.3 Å². The molecule has 0 fully saturated rings. The van der Waals surface area contributed by atoms with E-state index < -0.39 is 0 Å². The molecule has 3 N–H and O–H groups in total. The van der Waals surface area contributed by atoms with Crippen LogP contribution in [-0.2, 0) is 9.59 Å². The summed E-state index contributed by atoms with van der Waals surface area (Å²) < 4.78 is 5.16. The Morgan fingerprint density at radius 3 is 2.52 bits per heavy atom. The van der Waals surface area contributed by atoms with Gasteiger partial charge in [-0.3, -0.25) is 9.59 Å². The fraction of sp³-hybridized carbons (Fsp3) is 0.333. The predicted molar refractivity (Wildman–Crippen MR) is 107 cm³/mol. The number of nitrogens with one attached hydrogen (secondary N) is 3. The van der Waals surface area contributed by atoms with Crippen LogP contribution in [0.25, 0.3) is 0 Å². The molecule has 0 radical (unpaired) electrons. The zero-order valence-corrected chi connectivity index (χ0v) is 16.6. The van der Waals surface area contributed by atoms with Crippen LogP contribution in [0.2, 0.25) is 0 Å². The second-order valence-electron chi connectivity index (χ2n) is 6.76. The number of hydrogen-bond acceptors (Lipinski definition) is 3. The summed E-state index contributed by atoms with van der Waals surface area (Å²) in [6.07, 6.45) is 0. The van der Waals surface area contributed by atoms with Gasteiger partial charge in [0.1, 0.15) is 5.75 Å². The molecule has 6 heteroatoms. The minimum absolute atomic E-state index is 0.123. The Bertz CT molecular complexity index is 820. The van der Waals surface area contributed by atoms with E-state index in [1.165, 1.54) is 0 Å². The monoisotopic (exact) mass is 370 g/mol. The Labute approximate surface area is 160 Å².